The molecule has 3 aromatic rings. The lowest BCUT2D eigenvalue weighted by Gasteiger charge is -2.15. The van der Waals surface area contributed by atoms with Crippen molar-refractivity contribution in [2.75, 3.05) is 5.32 Å². The predicted molar refractivity (Wildman–Crippen MR) is 93.8 cm³/mol. The van der Waals surface area contributed by atoms with E-state index in [0.29, 0.717) is 11.8 Å². The topological polar surface area (TPSA) is 55.4 Å². The molecule has 0 aromatic heterocycles. The van der Waals surface area contributed by atoms with Crippen LogP contribution >= 0.6 is 0 Å². The molecule has 0 unspecified atom stereocenters. The highest BCUT2D eigenvalue weighted by atomic mass is 19.1. The fraction of sp³-hybridized carbons (Fsp3) is 0.100. The molecule has 1 atom stereocenters. The van der Waals surface area contributed by atoms with Crippen LogP contribution in [-0.4, -0.2) is 18.0 Å². The summed E-state index contributed by atoms with van der Waals surface area (Å²) < 4.78 is 31.4. The minimum absolute atomic E-state index is 0.299. The number of ether oxygens (including phenoxy) is 1. The normalized spacial score (nSPS) is 11.8. The number of hydrogen-bond donors (Lipinski definition) is 1. The molecule has 0 radical (unpaired) electrons. The molecule has 0 aliphatic carbocycles. The second-order valence-electron chi connectivity index (χ2n) is 5.72. The molecule has 1 amide bonds. The molecule has 0 aliphatic rings. The summed E-state index contributed by atoms with van der Waals surface area (Å²) in [5.74, 6) is -3.33. The Balaban J connectivity index is 1.72. The van der Waals surface area contributed by atoms with E-state index in [1.165, 1.54) is 6.92 Å². The molecule has 3 aromatic carbocycles. The third kappa shape index (κ3) is 3.85. The number of amides is 1. The molecule has 0 saturated heterocycles. The van der Waals surface area contributed by atoms with E-state index in [9.17, 15) is 18.4 Å². The van der Waals surface area contributed by atoms with Crippen LogP contribution in [-0.2, 0) is 9.53 Å². The SMILES string of the molecule is C[C@H](OC(=O)c1cc(F)cc(F)c1)C(=O)Nc1cccc2ccccc12. The molecule has 0 bridgehead atoms. The maximum atomic E-state index is 13.2. The lowest BCUT2D eigenvalue weighted by molar-refractivity contribution is -0.123. The first-order chi connectivity index (χ1) is 12.4. The number of rotatable bonds is 4. The van der Waals surface area contributed by atoms with Gasteiger partial charge >= 0.3 is 5.97 Å². The number of fused-ring (bicyclic) bond motifs is 1. The van der Waals surface area contributed by atoms with E-state index < -0.39 is 29.6 Å². The van der Waals surface area contributed by atoms with Crippen molar-refractivity contribution in [2.45, 2.75) is 13.0 Å². The first-order valence-electron chi connectivity index (χ1n) is 7.90. The van der Waals surface area contributed by atoms with Gasteiger partial charge in [0.2, 0.25) is 0 Å². The van der Waals surface area contributed by atoms with Gasteiger partial charge in [-0.3, -0.25) is 4.79 Å². The highest BCUT2D eigenvalue weighted by Crippen LogP contribution is 2.23. The molecular formula is C20H15F2NO3. The van der Waals surface area contributed by atoms with Crippen LogP contribution < -0.4 is 5.32 Å². The largest absolute Gasteiger partial charge is 0.449 e. The van der Waals surface area contributed by atoms with Crippen LogP contribution in [0.15, 0.2) is 60.7 Å². The van der Waals surface area contributed by atoms with Crippen LogP contribution in [0.2, 0.25) is 0 Å². The number of halogens is 2. The predicted octanol–water partition coefficient (Wildman–Crippen LogP) is 4.30. The van der Waals surface area contributed by atoms with Gasteiger partial charge in [-0.05, 0) is 30.5 Å². The van der Waals surface area contributed by atoms with Gasteiger partial charge in [-0.25, -0.2) is 13.6 Å². The smallest absolute Gasteiger partial charge is 0.339 e. The zero-order chi connectivity index (χ0) is 18.7. The van der Waals surface area contributed by atoms with Crippen LogP contribution in [0, 0.1) is 11.6 Å². The van der Waals surface area contributed by atoms with Crippen molar-refractivity contribution < 1.29 is 23.1 Å². The molecule has 0 saturated carbocycles. The Morgan fingerprint density at radius 3 is 2.35 bits per heavy atom. The first kappa shape index (κ1) is 17.5. The highest BCUT2D eigenvalue weighted by Gasteiger charge is 2.20. The Morgan fingerprint density at radius 1 is 0.962 bits per heavy atom. The zero-order valence-corrected chi connectivity index (χ0v) is 13.8. The summed E-state index contributed by atoms with van der Waals surface area (Å²) >= 11 is 0. The van der Waals surface area contributed by atoms with E-state index in [2.05, 4.69) is 5.32 Å². The molecule has 3 rings (SSSR count). The third-order valence-corrected chi connectivity index (χ3v) is 3.80. The monoisotopic (exact) mass is 355 g/mol. The van der Waals surface area contributed by atoms with Gasteiger partial charge in [0.25, 0.3) is 5.91 Å². The van der Waals surface area contributed by atoms with Crippen molar-refractivity contribution in [2.24, 2.45) is 0 Å². The van der Waals surface area contributed by atoms with Crippen molar-refractivity contribution in [3.05, 3.63) is 77.9 Å². The Labute approximate surface area is 148 Å². The van der Waals surface area contributed by atoms with Crippen molar-refractivity contribution >= 4 is 28.3 Å². The molecule has 0 spiro atoms. The number of anilines is 1. The van der Waals surface area contributed by atoms with E-state index in [-0.39, 0.29) is 5.56 Å². The lowest BCUT2D eigenvalue weighted by atomic mass is 10.1. The number of nitrogens with one attached hydrogen (secondary N) is 1. The van der Waals surface area contributed by atoms with Crippen molar-refractivity contribution in [3.8, 4) is 0 Å². The molecular weight excluding hydrogens is 340 g/mol. The molecule has 132 valence electrons. The third-order valence-electron chi connectivity index (χ3n) is 3.80. The lowest BCUT2D eigenvalue weighted by Crippen LogP contribution is -2.30. The number of carbonyl (C=O) groups is 2. The van der Waals surface area contributed by atoms with Crippen LogP contribution in [0.5, 0.6) is 0 Å². The number of carbonyl (C=O) groups excluding carboxylic acids is 2. The Kier molecular flexibility index (Phi) is 4.93. The van der Waals surface area contributed by atoms with Crippen LogP contribution in [0.25, 0.3) is 10.8 Å². The maximum absolute atomic E-state index is 13.2. The molecule has 0 heterocycles. The van der Waals surface area contributed by atoms with Gasteiger partial charge in [0.1, 0.15) is 11.6 Å². The van der Waals surface area contributed by atoms with Crippen molar-refractivity contribution in [3.63, 3.8) is 0 Å². The average molecular weight is 355 g/mol. The second-order valence-corrected chi connectivity index (χ2v) is 5.72. The fourth-order valence-corrected chi connectivity index (χ4v) is 2.52. The molecule has 0 aliphatic heterocycles. The standard InChI is InChI=1S/C20H15F2NO3/c1-12(26-20(25)14-9-15(21)11-16(22)10-14)19(24)23-18-8-4-6-13-5-2-3-7-17(13)18/h2-12H,1H3,(H,23,24)/t12-/m0/s1. The first-order valence-corrected chi connectivity index (χ1v) is 7.90. The average Bonchev–Trinajstić information content (AvgIpc) is 2.61. The van der Waals surface area contributed by atoms with E-state index in [4.69, 9.17) is 4.74 Å². The fourth-order valence-electron chi connectivity index (χ4n) is 2.52. The van der Waals surface area contributed by atoms with Gasteiger partial charge in [-0.1, -0.05) is 36.4 Å². The van der Waals surface area contributed by atoms with Crippen LogP contribution in [0.4, 0.5) is 14.5 Å². The zero-order valence-electron chi connectivity index (χ0n) is 13.8. The Hall–Kier alpha value is -3.28. The summed E-state index contributed by atoms with van der Waals surface area (Å²) in [4.78, 5) is 24.3. The summed E-state index contributed by atoms with van der Waals surface area (Å²) in [7, 11) is 0. The van der Waals surface area contributed by atoms with Crippen LogP contribution in [0.1, 0.15) is 17.3 Å². The van der Waals surface area contributed by atoms with Gasteiger partial charge in [0, 0.05) is 17.1 Å². The summed E-state index contributed by atoms with van der Waals surface area (Å²) in [5.41, 5.74) is 0.278. The molecule has 4 nitrogen and oxygen atoms in total. The van der Waals surface area contributed by atoms with E-state index in [1.807, 2.05) is 30.3 Å². The molecule has 6 heteroatoms. The van der Waals surface area contributed by atoms with Crippen LogP contribution in [0.3, 0.4) is 0 Å². The summed E-state index contributed by atoms with van der Waals surface area (Å²) in [6.45, 7) is 1.38. The number of hydrogen-bond acceptors (Lipinski definition) is 3. The van der Waals surface area contributed by atoms with E-state index in [1.54, 1.807) is 12.1 Å². The minimum Gasteiger partial charge on any atom is -0.449 e. The summed E-state index contributed by atoms with van der Waals surface area (Å²) in [5, 5.41) is 4.49. The highest BCUT2D eigenvalue weighted by molar-refractivity contribution is 6.04. The molecule has 1 N–H and O–H groups in total. The van der Waals surface area contributed by atoms with Crippen molar-refractivity contribution in [1.82, 2.24) is 0 Å². The molecule has 0 fully saturated rings. The van der Waals surface area contributed by atoms with E-state index in [0.717, 1.165) is 22.9 Å². The Morgan fingerprint density at radius 2 is 1.62 bits per heavy atom. The Bertz CT molecular complexity index is 962. The quantitative estimate of drug-likeness (QED) is 0.710. The van der Waals surface area contributed by atoms with E-state index >= 15 is 0 Å². The van der Waals surface area contributed by atoms with Crippen molar-refractivity contribution in [1.29, 1.82) is 0 Å². The van der Waals surface area contributed by atoms with Gasteiger partial charge in [0.05, 0.1) is 5.56 Å². The minimum atomic E-state index is -1.15. The van der Waals surface area contributed by atoms with Gasteiger partial charge in [-0.2, -0.15) is 0 Å². The van der Waals surface area contributed by atoms with Gasteiger partial charge in [-0.15, -0.1) is 0 Å². The second kappa shape index (κ2) is 7.31. The maximum Gasteiger partial charge on any atom is 0.339 e. The van der Waals surface area contributed by atoms with Gasteiger partial charge in [0.15, 0.2) is 6.10 Å². The number of esters is 1. The summed E-state index contributed by atoms with van der Waals surface area (Å²) in [6, 6.07) is 15.3. The number of benzene rings is 3. The van der Waals surface area contributed by atoms with Gasteiger partial charge < -0.3 is 10.1 Å². The summed E-state index contributed by atoms with van der Waals surface area (Å²) in [6.07, 6.45) is -1.15. The molecule has 26 heavy (non-hydrogen) atoms.